The SMILES string of the molecule is C=C/C=C\C=C(/C)CONC(=O)C1c2ccccc2C(=O)N(CC(NS(C)(=O)=O)c2ccccc2)C1c1ccc(Cl)cc1Cl. The van der Waals surface area contributed by atoms with Crippen molar-refractivity contribution in [2.45, 2.75) is 24.9 Å². The molecule has 0 saturated carbocycles. The van der Waals surface area contributed by atoms with Gasteiger partial charge >= 0.3 is 0 Å². The van der Waals surface area contributed by atoms with Crippen LogP contribution in [0.4, 0.5) is 0 Å². The van der Waals surface area contributed by atoms with Gasteiger partial charge in [0.1, 0.15) is 0 Å². The van der Waals surface area contributed by atoms with Crippen LogP contribution in [0.1, 0.15) is 52.0 Å². The first-order chi connectivity index (χ1) is 21.0. The highest BCUT2D eigenvalue weighted by molar-refractivity contribution is 7.88. The zero-order valence-corrected chi connectivity index (χ0v) is 26.6. The van der Waals surface area contributed by atoms with Crippen LogP contribution in [0.3, 0.4) is 0 Å². The first-order valence-electron chi connectivity index (χ1n) is 13.7. The topological polar surface area (TPSA) is 105 Å². The summed E-state index contributed by atoms with van der Waals surface area (Å²) in [6, 6.07) is 18.8. The van der Waals surface area contributed by atoms with Crippen molar-refractivity contribution in [2.24, 2.45) is 0 Å². The van der Waals surface area contributed by atoms with Crippen molar-refractivity contribution in [3.8, 4) is 0 Å². The van der Waals surface area contributed by atoms with Gasteiger partial charge in [-0.25, -0.2) is 18.6 Å². The van der Waals surface area contributed by atoms with Crippen molar-refractivity contribution < 1.29 is 22.8 Å². The van der Waals surface area contributed by atoms with Crippen LogP contribution < -0.4 is 10.2 Å². The lowest BCUT2D eigenvalue weighted by Gasteiger charge is -2.43. The van der Waals surface area contributed by atoms with E-state index in [0.717, 1.165) is 11.8 Å². The highest BCUT2D eigenvalue weighted by atomic mass is 35.5. The molecule has 44 heavy (non-hydrogen) atoms. The van der Waals surface area contributed by atoms with Crippen LogP contribution in [0.5, 0.6) is 0 Å². The first-order valence-corrected chi connectivity index (χ1v) is 16.4. The number of allylic oxidation sites excluding steroid dienone is 4. The quantitative estimate of drug-likeness (QED) is 0.176. The molecule has 0 fully saturated rings. The van der Waals surface area contributed by atoms with Gasteiger partial charge in [-0.3, -0.25) is 14.4 Å². The van der Waals surface area contributed by atoms with Gasteiger partial charge in [-0.15, -0.1) is 0 Å². The third kappa shape index (κ3) is 8.25. The molecular formula is C33H33Cl2N3O5S. The lowest BCUT2D eigenvalue weighted by Crippen LogP contribution is -2.50. The van der Waals surface area contributed by atoms with Gasteiger partial charge in [-0.05, 0) is 47.4 Å². The number of hydrogen-bond acceptors (Lipinski definition) is 5. The summed E-state index contributed by atoms with van der Waals surface area (Å²) in [4.78, 5) is 35.3. The standard InChI is InChI=1S/C33H33Cl2N3O5S/c1-4-5-7-12-22(2)21-43-36-32(39)30-25-15-10-11-16-26(25)33(40)38(31(30)27-18-17-24(34)19-28(27)35)20-29(37-44(3,41)42)23-13-8-6-9-14-23/h4-19,29-31,37H,1,20-21H2,2-3H3,(H,36,39)/b7-5-,22-12+. The Morgan fingerprint density at radius 2 is 1.75 bits per heavy atom. The van der Waals surface area contributed by atoms with E-state index in [9.17, 15) is 18.0 Å². The Kier molecular flexibility index (Phi) is 11.2. The number of hydroxylamine groups is 1. The van der Waals surface area contributed by atoms with E-state index in [1.165, 1.54) is 4.90 Å². The zero-order valence-electron chi connectivity index (χ0n) is 24.2. The number of hydrogen-bond donors (Lipinski definition) is 2. The molecule has 3 aromatic rings. The molecule has 2 N–H and O–H groups in total. The minimum Gasteiger partial charge on any atom is -0.328 e. The number of halogens is 2. The number of fused-ring (bicyclic) bond motifs is 1. The lowest BCUT2D eigenvalue weighted by atomic mass is 9.79. The molecule has 1 aliphatic heterocycles. The summed E-state index contributed by atoms with van der Waals surface area (Å²) in [6.45, 7) is 5.50. The van der Waals surface area contributed by atoms with Gasteiger partial charge in [0.25, 0.3) is 11.8 Å². The van der Waals surface area contributed by atoms with Gasteiger partial charge < -0.3 is 4.90 Å². The monoisotopic (exact) mass is 653 g/mol. The Labute approximate surface area is 268 Å². The van der Waals surface area contributed by atoms with Crippen LogP contribution in [0, 0.1) is 0 Å². The van der Waals surface area contributed by atoms with Crippen molar-refractivity contribution in [1.29, 1.82) is 0 Å². The molecule has 3 atom stereocenters. The van der Waals surface area contributed by atoms with Crippen LogP contribution >= 0.6 is 23.2 Å². The summed E-state index contributed by atoms with van der Waals surface area (Å²) in [5, 5.41) is 0.629. The summed E-state index contributed by atoms with van der Waals surface area (Å²) >= 11 is 12.9. The molecule has 8 nitrogen and oxygen atoms in total. The molecule has 0 aliphatic carbocycles. The molecular weight excluding hydrogens is 621 g/mol. The molecule has 3 unspecified atom stereocenters. The van der Waals surface area contributed by atoms with Gasteiger partial charge in [0.05, 0.1) is 30.9 Å². The van der Waals surface area contributed by atoms with Gasteiger partial charge in [0.2, 0.25) is 10.0 Å². The highest BCUT2D eigenvalue weighted by Gasteiger charge is 2.46. The summed E-state index contributed by atoms with van der Waals surface area (Å²) in [5.74, 6) is -1.86. The molecule has 0 bridgehead atoms. The third-order valence-corrected chi connectivity index (χ3v) is 8.32. The average molecular weight is 655 g/mol. The molecule has 11 heteroatoms. The fourth-order valence-electron chi connectivity index (χ4n) is 5.15. The minimum absolute atomic E-state index is 0.101. The predicted octanol–water partition coefficient (Wildman–Crippen LogP) is 6.30. The Balaban J connectivity index is 1.80. The Morgan fingerprint density at radius 3 is 2.43 bits per heavy atom. The molecule has 0 saturated heterocycles. The number of carbonyl (C=O) groups excluding carboxylic acids is 2. The summed E-state index contributed by atoms with van der Waals surface area (Å²) in [6.07, 6.45) is 8.12. The van der Waals surface area contributed by atoms with Crippen molar-refractivity contribution in [3.63, 3.8) is 0 Å². The summed E-state index contributed by atoms with van der Waals surface area (Å²) < 4.78 is 27.6. The largest absolute Gasteiger partial charge is 0.328 e. The fourth-order valence-corrected chi connectivity index (χ4v) is 6.39. The first kappa shape index (κ1) is 33.2. The van der Waals surface area contributed by atoms with Crippen molar-refractivity contribution in [2.75, 3.05) is 19.4 Å². The molecule has 1 aliphatic rings. The second-order valence-corrected chi connectivity index (χ2v) is 13.0. The molecule has 0 radical (unpaired) electrons. The van der Waals surface area contributed by atoms with E-state index >= 15 is 0 Å². The van der Waals surface area contributed by atoms with Crippen molar-refractivity contribution in [1.82, 2.24) is 15.1 Å². The minimum atomic E-state index is -3.70. The molecule has 0 aromatic heterocycles. The molecule has 0 spiro atoms. The van der Waals surface area contributed by atoms with Crippen molar-refractivity contribution in [3.05, 3.63) is 142 Å². The number of carbonyl (C=O) groups is 2. The van der Waals surface area contributed by atoms with Crippen LogP contribution in [0.25, 0.3) is 0 Å². The smallest absolute Gasteiger partial charge is 0.254 e. The number of sulfonamides is 1. The second-order valence-electron chi connectivity index (χ2n) is 10.4. The van der Waals surface area contributed by atoms with Gasteiger partial charge in [0, 0.05) is 22.2 Å². The van der Waals surface area contributed by atoms with E-state index in [4.69, 9.17) is 28.0 Å². The maximum atomic E-state index is 14.2. The molecule has 4 rings (SSSR count). The van der Waals surface area contributed by atoms with E-state index in [2.05, 4.69) is 16.8 Å². The summed E-state index contributed by atoms with van der Waals surface area (Å²) in [7, 11) is -3.70. The number of nitrogens with zero attached hydrogens (tertiary/aromatic N) is 1. The van der Waals surface area contributed by atoms with Crippen LogP contribution in [-0.4, -0.2) is 44.5 Å². The van der Waals surface area contributed by atoms with Crippen LogP contribution in [0.15, 0.2) is 109 Å². The van der Waals surface area contributed by atoms with Crippen LogP contribution in [-0.2, 0) is 19.7 Å². The van der Waals surface area contributed by atoms with Gasteiger partial charge in [0.15, 0.2) is 0 Å². The molecule has 1 heterocycles. The van der Waals surface area contributed by atoms with E-state index < -0.39 is 33.9 Å². The van der Waals surface area contributed by atoms with Gasteiger partial charge in [-0.1, -0.05) is 109 Å². The van der Waals surface area contributed by atoms with E-state index in [0.29, 0.717) is 27.3 Å². The number of benzene rings is 3. The lowest BCUT2D eigenvalue weighted by molar-refractivity contribution is -0.136. The zero-order chi connectivity index (χ0) is 31.9. The molecule has 230 valence electrons. The normalized spacial score (nSPS) is 17.8. The van der Waals surface area contributed by atoms with E-state index in [1.54, 1.807) is 85.0 Å². The average Bonchev–Trinajstić information content (AvgIpc) is 2.98. The Morgan fingerprint density at radius 1 is 1.05 bits per heavy atom. The summed E-state index contributed by atoms with van der Waals surface area (Å²) in [5.41, 5.74) is 5.31. The number of rotatable bonds is 12. The number of amides is 2. The maximum Gasteiger partial charge on any atom is 0.254 e. The Hall–Kier alpha value is -3.73. The molecule has 3 aromatic carbocycles. The van der Waals surface area contributed by atoms with Crippen LogP contribution in [0.2, 0.25) is 10.0 Å². The van der Waals surface area contributed by atoms with Gasteiger partial charge in [-0.2, -0.15) is 0 Å². The second kappa shape index (κ2) is 14.8. The number of nitrogens with one attached hydrogen (secondary N) is 2. The van der Waals surface area contributed by atoms with E-state index in [1.807, 2.05) is 19.1 Å². The Bertz CT molecular complexity index is 1690. The van der Waals surface area contributed by atoms with E-state index in [-0.39, 0.29) is 24.1 Å². The van der Waals surface area contributed by atoms with Crippen molar-refractivity contribution >= 4 is 45.0 Å². The maximum absolute atomic E-state index is 14.2. The fraction of sp³-hybridized carbons (Fsp3) is 0.212. The highest BCUT2D eigenvalue weighted by Crippen LogP contribution is 2.46. The third-order valence-electron chi connectivity index (χ3n) is 7.04. The predicted molar refractivity (Wildman–Crippen MR) is 174 cm³/mol. The molecule has 2 amide bonds.